The van der Waals surface area contributed by atoms with Gasteiger partial charge in [0, 0.05) is 31.7 Å². The molecule has 0 amide bonds. The Morgan fingerprint density at radius 2 is 1.94 bits per heavy atom. The molecule has 17 heavy (non-hydrogen) atoms. The second-order valence-corrected chi connectivity index (χ2v) is 5.82. The maximum Gasteiger partial charge on any atom is 0.0195 e. The van der Waals surface area contributed by atoms with Crippen molar-refractivity contribution >= 4 is 0 Å². The van der Waals surface area contributed by atoms with Gasteiger partial charge in [0.2, 0.25) is 0 Å². The standard InChI is InChI=1S/C15H30N2/c1-5-10-16-11-14(4)17(12-13(2)3)15-8-6-7-9-15/h5,13-16H,1,6-12H2,2-4H3. The molecule has 0 aromatic heterocycles. The summed E-state index contributed by atoms with van der Waals surface area (Å²) in [5, 5.41) is 3.45. The van der Waals surface area contributed by atoms with Gasteiger partial charge in [0.1, 0.15) is 0 Å². The van der Waals surface area contributed by atoms with Gasteiger partial charge in [0.15, 0.2) is 0 Å². The summed E-state index contributed by atoms with van der Waals surface area (Å²) in [5.41, 5.74) is 0. The molecular weight excluding hydrogens is 208 g/mol. The van der Waals surface area contributed by atoms with Crippen LogP contribution >= 0.6 is 0 Å². The van der Waals surface area contributed by atoms with Crippen LogP contribution in [-0.2, 0) is 0 Å². The highest BCUT2D eigenvalue weighted by atomic mass is 15.2. The van der Waals surface area contributed by atoms with Crippen LogP contribution in [0.15, 0.2) is 12.7 Å². The van der Waals surface area contributed by atoms with Crippen LogP contribution < -0.4 is 5.32 Å². The lowest BCUT2D eigenvalue weighted by Gasteiger charge is -2.36. The van der Waals surface area contributed by atoms with E-state index in [4.69, 9.17) is 0 Å². The Labute approximate surface area is 107 Å². The van der Waals surface area contributed by atoms with Crippen LogP contribution in [0.2, 0.25) is 0 Å². The lowest BCUT2D eigenvalue weighted by molar-refractivity contribution is 0.126. The quantitative estimate of drug-likeness (QED) is 0.516. The largest absolute Gasteiger partial charge is 0.312 e. The van der Waals surface area contributed by atoms with Crippen LogP contribution in [0.5, 0.6) is 0 Å². The summed E-state index contributed by atoms with van der Waals surface area (Å²) in [5.74, 6) is 0.762. The van der Waals surface area contributed by atoms with Crippen LogP contribution in [-0.4, -0.2) is 36.6 Å². The molecule has 0 spiro atoms. The summed E-state index contributed by atoms with van der Waals surface area (Å²) >= 11 is 0. The number of rotatable bonds is 8. The topological polar surface area (TPSA) is 15.3 Å². The fourth-order valence-corrected chi connectivity index (χ4v) is 2.86. The van der Waals surface area contributed by atoms with Crippen LogP contribution in [0.3, 0.4) is 0 Å². The van der Waals surface area contributed by atoms with Crippen LogP contribution in [0.25, 0.3) is 0 Å². The zero-order valence-corrected chi connectivity index (χ0v) is 11.9. The van der Waals surface area contributed by atoms with E-state index < -0.39 is 0 Å². The highest BCUT2D eigenvalue weighted by Crippen LogP contribution is 2.25. The van der Waals surface area contributed by atoms with E-state index in [0.717, 1.165) is 25.0 Å². The first-order chi connectivity index (χ1) is 8.15. The molecule has 1 aliphatic carbocycles. The molecule has 2 heteroatoms. The lowest BCUT2D eigenvalue weighted by Crippen LogP contribution is -2.47. The monoisotopic (exact) mass is 238 g/mol. The smallest absolute Gasteiger partial charge is 0.0195 e. The highest BCUT2D eigenvalue weighted by Gasteiger charge is 2.26. The van der Waals surface area contributed by atoms with E-state index >= 15 is 0 Å². The minimum atomic E-state index is 0.639. The van der Waals surface area contributed by atoms with E-state index in [1.807, 2.05) is 6.08 Å². The van der Waals surface area contributed by atoms with Gasteiger partial charge >= 0.3 is 0 Å². The van der Waals surface area contributed by atoms with Gasteiger partial charge in [-0.1, -0.05) is 32.8 Å². The predicted octanol–water partition coefficient (Wildman–Crippen LogP) is 3.05. The Bertz CT molecular complexity index is 207. The molecule has 1 saturated carbocycles. The Morgan fingerprint density at radius 3 is 2.47 bits per heavy atom. The number of nitrogens with zero attached hydrogens (tertiary/aromatic N) is 1. The molecule has 0 saturated heterocycles. The Balaban J connectivity index is 2.45. The molecule has 1 fully saturated rings. The summed E-state index contributed by atoms with van der Waals surface area (Å²) in [4.78, 5) is 2.73. The number of nitrogens with one attached hydrogen (secondary N) is 1. The van der Waals surface area contributed by atoms with Crippen molar-refractivity contribution in [2.45, 2.75) is 58.5 Å². The van der Waals surface area contributed by atoms with Crippen molar-refractivity contribution in [3.63, 3.8) is 0 Å². The summed E-state index contributed by atoms with van der Waals surface area (Å²) < 4.78 is 0. The molecule has 1 N–H and O–H groups in total. The molecule has 0 heterocycles. The maximum atomic E-state index is 3.75. The van der Waals surface area contributed by atoms with Crippen molar-refractivity contribution in [2.75, 3.05) is 19.6 Å². The molecule has 0 bridgehead atoms. The Kier molecular flexibility index (Phi) is 6.83. The second-order valence-electron chi connectivity index (χ2n) is 5.82. The third-order valence-electron chi connectivity index (χ3n) is 3.66. The van der Waals surface area contributed by atoms with E-state index in [2.05, 4.69) is 37.6 Å². The third kappa shape index (κ3) is 5.22. The van der Waals surface area contributed by atoms with Crippen molar-refractivity contribution in [3.05, 3.63) is 12.7 Å². The van der Waals surface area contributed by atoms with E-state index in [-0.39, 0.29) is 0 Å². The maximum absolute atomic E-state index is 3.75. The van der Waals surface area contributed by atoms with E-state index in [1.165, 1.54) is 32.2 Å². The Hall–Kier alpha value is -0.340. The molecule has 1 aliphatic rings. The van der Waals surface area contributed by atoms with Gasteiger partial charge in [0.05, 0.1) is 0 Å². The molecule has 2 nitrogen and oxygen atoms in total. The van der Waals surface area contributed by atoms with E-state index in [0.29, 0.717) is 6.04 Å². The molecular formula is C15H30N2. The SMILES string of the molecule is C=CCNCC(C)N(CC(C)C)C1CCCC1. The van der Waals surface area contributed by atoms with Crippen molar-refractivity contribution in [1.29, 1.82) is 0 Å². The van der Waals surface area contributed by atoms with Gasteiger partial charge in [-0.3, -0.25) is 4.90 Å². The van der Waals surface area contributed by atoms with Gasteiger partial charge in [-0.15, -0.1) is 6.58 Å². The third-order valence-corrected chi connectivity index (χ3v) is 3.66. The molecule has 0 aromatic carbocycles. The first-order valence-electron chi connectivity index (χ1n) is 7.22. The van der Waals surface area contributed by atoms with Crippen molar-refractivity contribution < 1.29 is 0 Å². The fraction of sp³-hybridized carbons (Fsp3) is 0.867. The molecule has 0 aromatic rings. The lowest BCUT2D eigenvalue weighted by atomic mass is 10.1. The van der Waals surface area contributed by atoms with Crippen molar-refractivity contribution in [3.8, 4) is 0 Å². The van der Waals surface area contributed by atoms with E-state index in [9.17, 15) is 0 Å². The number of hydrogen-bond acceptors (Lipinski definition) is 2. The average Bonchev–Trinajstić information content (AvgIpc) is 2.79. The second kappa shape index (κ2) is 7.88. The molecule has 1 rings (SSSR count). The summed E-state index contributed by atoms with van der Waals surface area (Å²) in [6.07, 6.45) is 7.59. The van der Waals surface area contributed by atoms with Gasteiger partial charge in [0.25, 0.3) is 0 Å². The van der Waals surface area contributed by atoms with Crippen LogP contribution in [0.1, 0.15) is 46.5 Å². The molecule has 0 aliphatic heterocycles. The first kappa shape index (κ1) is 14.7. The summed E-state index contributed by atoms with van der Waals surface area (Å²) in [6, 6.07) is 1.47. The highest BCUT2D eigenvalue weighted by molar-refractivity contribution is 4.83. The van der Waals surface area contributed by atoms with Crippen LogP contribution in [0.4, 0.5) is 0 Å². The molecule has 1 atom stereocenters. The van der Waals surface area contributed by atoms with Crippen LogP contribution in [0, 0.1) is 5.92 Å². The molecule has 1 unspecified atom stereocenters. The zero-order valence-electron chi connectivity index (χ0n) is 11.9. The first-order valence-corrected chi connectivity index (χ1v) is 7.22. The van der Waals surface area contributed by atoms with Gasteiger partial charge in [-0.05, 0) is 25.7 Å². The summed E-state index contributed by atoms with van der Waals surface area (Å²) in [7, 11) is 0. The normalized spacial score (nSPS) is 19.1. The fourth-order valence-electron chi connectivity index (χ4n) is 2.86. The molecule has 0 radical (unpaired) electrons. The van der Waals surface area contributed by atoms with Gasteiger partial charge in [-0.25, -0.2) is 0 Å². The minimum absolute atomic E-state index is 0.639. The zero-order chi connectivity index (χ0) is 12.7. The van der Waals surface area contributed by atoms with Crippen molar-refractivity contribution in [1.82, 2.24) is 10.2 Å². The van der Waals surface area contributed by atoms with Gasteiger partial charge < -0.3 is 5.32 Å². The Morgan fingerprint density at radius 1 is 1.29 bits per heavy atom. The summed E-state index contributed by atoms with van der Waals surface area (Å²) in [6.45, 7) is 14.0. The average molecular weight is 238 g/mol. The number of hydrogen-bond donors (Lipinski definition) is 1. The minimum Gasteiger partial charge on any atom is -0.312 e. The van der Waals surface area contributed by atoms with Crippen molar-refractivity contribution in [2.24, 2.45) is 5.92 Å². The van der Waals surface area contributed by atoms with Gasteiger partial charge in [-0.2, -0.15) is 0 Å². The van der Waals surface area contributed by atoms with E-state index in [1.54, 1.807) is 0 Å². The predicted molar refractivity (Wildman–Crippen MR) is 76.3 cm³/mol. The molecule has 100 valence electrons.